The zero-order chi connectivity index (χ0) is 20.8. The molecule has 0 aliphatic carbocycles. The van der Waals surface area contributed by atoms with E-state index in [-0.39, 0.29) is 51.0 Å². The highest BCUT2D eigenvalue weighted by atomic mass is 35.5. The third-order valence-electron chi connectivity index (χ3n) is 4.33. The van der Waals surface area contributed by atoms with Crippen molar-refractivity contribution >= 4 is 44.9 Å². The first-order chi connectivity index (χ1) is 13.0. The van der Waals surface area contributed by atoms with Gasteiger partial charge in [0.1, 0.15) is 23.1 Å². The molecule has 2 heterocycles. The highest BCUT2D eigenvalue weighted by Gasteiger charge is 2.44. The van der Waals surface area contributed by atoms with Crippen molar-refractivity contribution in [3.63, 3.8) is 0 Å². The van der Waals surface area contributed by atoms with Gasteiger partial charge < -0.3 is 20.1 Å². The van der Waals surface area contributed by atoms with E-state index in [2.05, 4.69) is 4.74 Å². The van der Waals surface area contributed by atoms with Gasteiger partial charge in [-0.05, 0) is 6.92 Å². The van der Waals surface area contributed by atoms with Crippen molar-refractivity contribution in [2.45, 2.75) is 26.0 Å². The molecule has 1 saturated heterocycles. The molecule has 152 valence electrons. The maximum atomic E-state index is 14.4. The van der Waals surface area contributed by atoms with Gasteiger partial charge >= 0.3 is 12.6 Å². The summed E-state index contributed by atoms with van der Waals surface area (Å²) < 4.78 is 48.9. The molecular formula is C17H16ClF3N2O4S. The number of ether oxygens (including phenoxy) is 2. The molecule has 1 aliphatic heterocycles. The maximum Gasteiger partial charge on any atom is 0.387 e. The fourth-order valence-electron chi connectivity index (χ4n) is 2.99. The number of amides is 1. The van der Waals surface area contributed by atoms with E-state index >= 15 is 0 Å². The molecule has 0 bridgehead atoms. The number of carbonyl (C=O) groups excluding carboxylic acids is 2. The van der Waals surface area contributed by atoms with Gasteiger partial charge in [0.05, 0.1) is 10.6 Å². The number of aryl methyl sites for hydroxylation is 1. The summed E-state index contributed by atoms with van der Waals surface area (Å²) >= 11 is 7.12. The molecule has 2 N–H and O–H groups in total. The average molecular weight is 437 g/mol. The Labute approximate surface area is 166 Å². The number of thiophene rings is 1. The van der Waals surface area contributed by atoms with Crippen LogP contribution >= 0.6 is 22.9 Å². The number of nitrogens with two attached hydrogens (primary N) is 1. The predicted octanol–water partition coefficient (Wildman–Crippen LogP) is 3.32. The molecule has 0 atom stereocenters. The lowest BCUT2D eigenvalue weighted by Crippen LogP contribution is -2.70. The van der Waals surface area contributed by atoms with Crippen LogP contribution in [0.15, 0.2) is 6.07 Å². The zero-order valence-corrected chi connectivity index (χ0v) is 16.4. The number of hydrogen-bond acceptors (Lipinski definition) is 6. The van der Waals surface area contributed by atoms with Gasteiger partial charge in [-0.25, -0.2) is 4.39 Å². The molecule has 1 amide bonds. The van der Waals surface area contributed by atoms with Crippen LogP contribution in [-0.4, -0.2) is 48.6 Å². The van der Waals surface area contributed by atoms with E-state index in [0.29, 0.717) is 0 Å². The second kappa shape index (κ2) is 7.41. The summed E-state index contributed by atoms with van der Waals surface area (Å²) in [6.45, 7) is -0.147. The Balaban J connectivity index is 1.87. The van der Waals surface area contributed by atoms with E-state index in [4.69, 9.17) is 22.1 Å². The van der Waals surface area contributed by atoms with E-state index in [1.807, 2.05) is 0 Å². The molecule has 6 nitrogen and oxygen atoms in total. The van der Waals surface area contributed by atoms with Crippen molar-refractivity contribution in [2.75, 3.05) is 19.7 Å². The lowest BCUT2D eigenvalue weighted by molar-refractivity contribution is -0.144. The van der Waals surface area contributed by atoms with Crippen LogP contribution in [0.3, 0.4) is 0 Å². The second-order valence-corrected chi connectivity index (χ2v) is 8.01. The molecule has 1 aromatic heterocycles. The van der Waals surface area contributed by atoms with E-state index in [1.165, 1.54) is 18.7 Å². The number of fused-ring (bicyclic) bond motifs is 1. The number of rotatable bonds is 5. The summed E-state index contributed by atoms with van der Waals surface area (Å²) in [5.74, 6) is -2.12. The lowest BCUT2D eigenvalue weighted by atomic mass is 9.92. The van der Waals surface area contributed by atoms with Gasteiger partial charge in [0, 0.05) is 41.7 Å². The molecule has 1 fully saturated rings. The average Bonchev–Trinajstić information content (AvgIpc) is 2.92. The van der Waals surface area contributed by atoms with Gasteiger partial charge in [0.25, 0.3) is 5.91 Å². The van der Waals surface area contributed by atoms with Crippen LogP contribution in [0.5, 0.6) is 5.75 Å². The number of carbonyl (C=O) groups is 2. The summed E-state index contributed by atoms with van der Waals surface area (Å²) in [5.41, 5.74) is 5.44. The first kappa shape index (κ1) is 20.7. The minimum Gasteiger partial charge on any atom is -0.464 e. The van der Waals surface area contributed by atoms with Crippen LogP contribution in [0.1, 0.15) is 22.2 Å². The van der Waals surface area contributed by atoms with Crippen molar-refractivity contribution in [2.24, 2.45) is 5.73 Å². The minimum absolute atomic E-state index is 0.0198. The Bertz CT molecular complexity index is 960. The predicted molar refractivity (Wildman–Crippen MR) is 97.6 cm³/mol. The zero-order valence-electron chi connectivity index (χ0n) is 14.9. The number of likely N-dealkylation sites (tertiary alicyclic amines) is 1. The summed E-state index contributed by atoms with van der Waals surface area (Å²) in [5, 5.41) is -0.114. The van der Waals surface area contributed by atoms with E-state index in [9.17, 15) is 22.8 Å². The molecule has 3 rings (SSSR count). The van der Waals surface area contributed by atoms with Crippen molar-refractivity contribution in [1.82, 2.24) is 4.90 Å². The fourth-order valence-corrected chi connectivity index (χ4v) is 4.59. The number of alkyl halides is 2. The molecule has 2 aromatic rings. The summed E-state index contributed by atoms with van der Waals surface area (Å²) in [4.78, 5) is 25.1. The van der Waals surface area contributed by atoms with Crippen molar-refractivity contribution in [3.8, 4) is 5.75 Å². The highest BCUT2D eigenvalue weighted by Crippen LogP contribution is 2.43. The number of nitrogens with zero attached hydrogens (tertiary/aromatic N) is 1. The van der Waals surface area contributed by atoms with Crippen molar-refractivity contribution in [3.05, 3.63) is 27.3 Å². The molecule has 0 radical (unpaired) electrons. The lowest BCUT2D eigenvalue weighted by Gasteiger charge is -2.46. The first-order valence-corrected chi connectivity index (χ1v) is 9.29. The molecule has 0 saturated carbocycles. The molecule has 28 heavy (non-hydrogen) atoms. The van der Waals surface area contributed by atoms with Crippen LogP contribution in [0.2, 0.25) is 5.02 Å². The van der Waals surface area contributed by atoms with Crippen LogP contribution in [0.25, 0.3) is 10.1 Å². The van der Waals surface area contributed by atoms with E-state index in [1.54, 1.807) is 0 Å². The van der Waals surface area contributed by atoms with Crippen LogP contribution in [0, 0.1) is 12.7 Å². The Hall–Kier alpha value is -2.04. The monoisotopic (exact) mass is 436 g/mol. The number of benzene rings is 1. The number of hydrogen-bond donors (Lipinski definition) is 1. The fraction of sp³-hybridized carbons (Fsp3) is 0.412. The van der Waals surface area contributed by atoms with Crippen LogP contribution in [0.4, 0.5) is 13.2 Å². The molecule has 1 aliphatic rings. The molecule has 0 unspecified atom stereocenters. The first-order valence-electron chi connectivity index (χ1n) is 8.10. The Morgan fingerprint density at radius 3 is 2.64 bits per heavy atom. The summed E-state index contributed by atoms with van der Waals surface area (Å²) in [7, 11) is 0. The van der Waals surface area contributed by atoms with Crippen molar-refractivity contribution in [1.29, 1.82) is 0 Å². The van der Waals surface area contributed by atoms with E-state index in [0.717, 1.165) is 17.4 Å². The van der Waals surface area contributed by atoms with Gasteiger partial charge in [-0.15, -0.1) is 11.3 Å². The van der Waals surface area contributed by atoms with Crippen LogP contribution < -0.4 is 10.5 Å². The Kier molecular flexibility index (Phi) is 5.48. The smallest absolute Gasteiger partial charge is 0.387 e. The standard InChI is InChI=1S/C17H16ClF3N2O4S/c1-7-10(27-16(20)21)3-9(19)11-12(18)14(28-13(7)11)15(25)23-4-17(22,5-23)6-26-8(2)24/h3,16H,4-6,22H2,1-2H3. The number of esters is 1. The minimum atomic E-state index is -3.11. The van der Waals surface area contributed by atoms with E-state index < -0.39 is 29.8 Å². The van der Waals surface area contributed by atoms with Gasteiger partial charge in [-0.1, -0.05) is 11.6 Å². The van der Waals surface area contributed by atoms with Gasteiger partial charge in [0.15, 0.2) is 0 Å². The third kappa shape index (κ3) is 3.76. The second-order valence-electron chi connectivity index (χ2n) is 6.61. The van der Waals surface area contributed by atoms with Crippen LogP contribution in [-0.2, 0) is 9.53 Å². The topological polar surface area (TPSA) is 81.9 Å². The largest absolute Gasteiger partial charge is 0.464 e. The molecule has 0 spiro atoms. The summed E-state index contributed by atoms with van der Waals surface area (Å²) in [6, 6.07) is 0.824. The Morgan fingerprint density at radius 1 is 1.43 bits per heavy atom. The Morgan fingerprint density at radius 2 is 2.07 bits per heavy atom. The van der Waals surface area contributed by atoms with Crippen molar-refractivity contribution < 1.29 is 32.2 Å². The quantitative estimate of drug-likeness (QED) is 0.727. The SMILES string of the molecule is CC(=O)OCC1(N)CN(C(=O)c2sc3c(C)c(OC(F)F)cc(F)c3c2Cl)C1. The molecular weight excluding hydrogens is 421 g/mol. The van der Waals surface area contributed by atoms with Gasteiger partial charge in [-0.2, -0.15) is 8.78 Å². The highest BCUT2D eigenvalue weighted by molar-refractivity contribution is 7.21. The molecule has 11 heteroatoms. The van der Waals surface area contributed by atoms with Gasteiger partial charge in [-0.3, -0.25) is 9.59 Å². The van der Waals surface area contributed by atoms with Gasteiger partial charge in [0.2, 0.25) is 0 Å². The number of halogens is 4. The maximum absolute atomic E-state index is 14.4. The summed E-state index contributed by atoms with van der Waals surface area (Å²) in [6.07, 6.45) is 0. The molecule has 1 aromatic carbocycles. The normalized spacial score (nSPS) is 15.6. The third-order valence-corrected chi connectivity index (χ3v) is 6.12.